The number of allylic oxidation sites excluding steroid dienone is 1. The summed E-state index contributed by atoms with van der Waals surface area (Å²) in [5.41, 5.74) is 1.83. The van der Waals surface area contributed by atoms with Gasteiger partial charge in [-0.05, 0) is 47.2 Å². The van der Waals surface area contributed by atoms with Crippen LogP contribution in [0.3, 0.4) is 0 Å². The Morgan fingerprint density at radius 1 is 1.04 bits per heavy atom. The van der Waals surface area contributed by atoms with Gasteiger partial charge in [-0.25, -0.2) is 4.39 Å². The predicted molar refractivity (Wildman–Crippen MR) is 95.3 cm³/mol. The number of carbonyl (C=O) groups excluding carboxylic acids is 3. The summed E-state index contributed by atoms with van der Waals surface area (Å²) in [5.74, 6) is -1.15. The van der Waals surface area contributed by atoms with Crippen LogP contribution in [0, 0.1) is 5.82 Å². The van der Waals surface area contributed by atoms with Crippen LogP contribution >= 0.6 is 11.8 Å². The summed E-state index contributed by atoms with van der Waals surface area (Å²) in [6, 6.07) is 12.6. The van der Waals surface area contributed by atoms with Crippen molar-refractivity contribution < 1.29 is 18.8 Å². The van der Waals surface area contributed by atoms with E-state index in [1.807, 2.05) is 0 Å². The molecular formula is C19H12FNO3S. The Kier molecular flexibility index (Phi) is 4.90. The molecule has 0 aliphatic carbocycles. The zero-order chi connectivity index (χ0) is 17.8. The maximum Gasteiger partial charge on any atom is 0.290 e. The monoisotopic (exact) mass is 353 g/mol. The number of rotatable bonds is 4. The van der Waals surface area contributed by atoms with E-state index < -0.39 is 11.7 Å². The van der Waals surface area contributed by atoms with E-state index in [0.29, 0.717) is 4.91 Å². The Morgan fingerprint density at radius 3 is 2.40 bits per heavy atom. The van der Waals surface area contributed by atoms with Crippen molar-refractivity contribution in [2.45, 2.75) is 0 Å². The predicted octanol–water partition coefficient (Wildman–Crippen LogP) is 4.05. The molecule has 0 unspecified atom stereocenters. The summed E-state index contributed by atoms with van der Waals surface area (Å²) < 4.78 is 13.1. The second-order valence-electron chi connectivity index (χ2n) is 5.23. The van der Waals surface area contributed by atoms with Gasteiger partial charge < -0.3 is 0 Å². The minimum absolute atomic E-state index is 0.284. The van der Waals surface area contributed by atoms with Crippen LogP contribution in [0.4, 0.5) is 9.18 Å². The van der Waals surface area contributed by atoms with Crippen LogP contribution < -0.4 is 5.32 Å². The number of nitrogens with one attached hydrogen (secondary N) is 1. The first-order valence-electron chi connectivity index (χ1n) is 7.34. The molecule has 2 aromatic rings. The molecule has 1 aliphatic heterocycles. The largest absolute Gasteiger partial charge is 0.290 e. The number of benzene rings is 2. The van der Waals surface area contributed by atoms with Gasteiger partial charge in [-0.2, -0.15) is 0 Å². The van der Waals surface area contributed by atoms with Gasteiger partial charge in [-0.15, -0.1) is 0 Å². The lowest BCUT2D eigenvalue weighted by atomic mass is 10.1. The van der Waals surface area contributed by atoms with Gasteiger partial charge in [-0.1, -0.05) is 42.5 Å². The van der Waals surface area contributed by atoms with Crippen LogP contribution in [0.2, 0.25) is 0 Å². The molecule has 124 valence electrons. The highest BCUT2D eigenvalue weighted by atomic mass is 32.2. The van der Waals surface area contributed by atoms with E-state index in [4.69, 9.17) is 0 Å². The van der Waals surface area contributed by atoms with Crippen LogP contribution in [-0.2, 0) is 4.79 Å². The number of halogens is 1. The van der Waals surface area contributed by atoms with Crippen molar-refractivity contribution in [2.24, 2.45) is 0 Å². The lowest BCUT2D eigenvalue weighted by Crippen LogP contribution is -2.17. The highest BCUT2D eigenvalue weighted by molar-refractivity contribution is 8.18. The van der Waals surface area contributed by atoms with Crippen LogP contribution in [0.25, 0.3) is 12.2 Å². The van der Waals surface area contributed by atoms with Crippen molar-refractivity contribution in [3.8, 4) is 0 Å². The fraction of sp³-hybridized carbons (Fsp3) is 0. The molecule has 1 saturated heterocycles. The van der Waals surface area contributed by atoms with Crippen molar-refractivity contribution in [3.05, 3.63) is 82.0 Å². The summed E-state index contributed by atoms with van der Waals surface area (Å²) in [6.45, 7) is 0. The summed E-state index contributed by atoms with van der Waals surface area (Å²) in [6.07, 6.45) is 4.63. The SMILES string of the molecule is O=C1NC(=O)/C(=C/c2ccc(/C=C/C(=O)c3cccc(F)c3)cc2)S1. The van der Waals surface area contributed by atoms with Gasteiger partial charge in [0.1, 0.15) is 5.82 Å². The second-order valence-corrected chi connectivity index (χ2v) is 6.24. The van der Waals surface area contributed by atoms with Gasteiger partial charge in [0, 0.05) is 5.56 Å². The molecule has 0 saturated carbocycles. The standard InChI is InChI=1S/C19H12FNO3S/c20-15-3-1-2-14(11-15)16(22)9-8-12-4-6-13(7-5-12)10-17-18(23)21-19(24)25-17/h1-11H,(H,21,23,24)/b9-8+,17-10-. The lowest BCUT2D eigenvalue weighted by Gasteiger charge is -1.98. The van der Waals surface area contributed by atoms with E-state index in [0.717, 1.165) is 22.9 Å². The van der Waals surface area contributed by atoms with E-state index in [-0.39, 0.29) is 16.6 Å². The number of carbonyl (C=O) groups is 3. The minimum Gasteiger partial charge on any atom is -0.289 e. The van der Waals surface area contributed by atoms with Gasteiger partial charge in [0.25, 0.3) is 11.1 Å². The maximum absolute atomic E-state index is 13.1. The first-order chi connectivity index (χ1) is 12.0. The van der Waals surface area contributed by atoms with Crippen molar-refractivity contribution in [1.82, 2.24) is 5.32 Å². The quantitative estimate of drug-likeness (QED) is 0.665. The molecule has 2 aromatic carbocycles. The molecule has 0 aromatic heterocycles. The molecule has 0 spiro atoms. The number of thioether (sulfide) groups is 1. The lowest BCUT2D eigenvalue weighted by molar-refractivity contribution is -0.115. The Bertz CT molecular complexity index is 917. The first kappa shape index (κ1) is 16.9. The average molecular weight is 353 g/mol. The number of amides is 2. The summed E-state index contributed by atoms with van der Waals surface area (Å²) in [4.78, 5) is 35.0. The summed E-state index contributed by atoms with van der Waals surface area (Å²) in [5, 5.41) is 1.81. The van der Waals surface area contributed by atoms with Crippen molar-refractivity contribution in [2.75, 3.05) is 0 Å². The molecule has 1 fully saturated rings. The van der Waals surface area contributed by atoms with Gasteiger partial charge >= 0.3 is 0 Å². The highest BCUT2D eigenvalue weighted by Gasteiger charge is 2.24. The molecule has 2 amide bonds. The van der Waals surface area contributed by atoms with Crippen LogP contribution in [0.1, 0.15) is 21.5 Å². The van der Waals surface area contributed by atoms with Crippen molar-refractivity contribution in [1.29, 1.82) is 0 Å². The Hall–Kier alpha value is -2.99. The van der Waals surface area contributed by atoms with E-state index in [2.05, 4.69) is 5.32 Å². The third-order valence-corrected chi connectivity index (χ3v) is 4.22. The van der Waals surface area contributed by atoms with Crippen LogP contribution in [0.15, 0.2) is 59.5 Å². The zero-order valence-corrected chi connectivity index (χ0v) is 13.7. The molecule has 0 radical (unpaired) electrons. The van der Waals surface area contributed by atoms with E-state index in [1.54, 1.807) is 42.5 Å². The third-order valence-electron chi connectivity index (χ3n) is 3.41. The Balaban J connectivity index is 1.70. The first-order valence-corrected chi connectivity index (χ1v) is 8.16. The van der Waals surface area contributed by atoms with Crippen molar-refractivity contribution >= 4 is 40.8 Å². The van der Waals surface area contributed by atoms with Gasteiger partial charge in [0.05, 0.1) is 4.91 Å². The van der Waals surface area contributed by atoms with Gasteiger partial charge in [0.15, 0.2) is 5.78 Å². The molecule has 3 rings (SSSR count). The summed E-state index contributed by atoms with van der Waals surface area (Å²) in [7, 11) is 0. The van der Waals surface area contributed by atoms with Crippen molar-refractivity contribution in [3.63, 3.8) is 0 Å². The molecule has 1 aliphatic rings. The highest BCUT2D eigenvalue weighted by Crippen LogP contribution is 2.25. The number of hydrogen-bond donors (Lipinski definition) is 1. The fourth-order valence-corrected chi connectivity index (χ4v) is 2.87. The van der Waals surface area contributed by atoms with E-state index in [1.165, 1.54) is 24.3 Å². The molecule has 0 atom stereocenters. The number of ketones is 1. The smallest absolute Gasteiger partial charge is 0.289 e. The molecule has 0 bridgehead atoms. The third kappa shape index (κ3) is 4.30. The Labute approximate surface area is 147 Å². The normalized spacial score (nSPS) is 15.8. The molecular weight excluding hydrogens is 341 g/mol. The fourth-order valence-electron chi connectivity index (χ4n) is 2.19. The van der Waals surface area contributed by atoms with Crippen LogP contribution in [-0.4, -0.2) is 16.9 Å². The molecule has 25 heavy (non-hydrogen) atoms. The van der Waals surface area contributed by atoms with Crippen LogP contribution in [0.5, 0.6) is 0 Å². The molecule has 1 N–H and O–H groups in total. The summed E-state index contributed by atoms with van der Waals surface area (Å²) >= 11 is 0.858. The topological polar surface area (TPSA) is 63.2 Å². The number of imide groups is 1. The minimum atomic E-state index is -0.455. The Morgan fingerprint density at radius 2 is 1.76 bits per heavy atom. The molecule has 1 heterocycles. The van der Waals surface area contributed by atoms with Gasteiger partial charge in [0.2, 0.25) is 0 Å². The molecule has 6 heteroatoms. The number of hydrogen-bond acceptors (Lipinski definition) is 4. The second kappa shape index (κ2) is 7.27. The zero-order valence-electron chi connectivity index (χ0n) is 12.9. The maximum atomic E-state index is 13.1. The van der Waals surface area contributed by atoms with E-state index in [9.17, 15) is 18.8 Å². The molecule has 4 nitrogen and oxygen atoms in total. The average Bonchev–Trinajstić information content (AvgIpc) is 2.91. The van der Waals surface area contributed by atoms with E-state index >= 15 is 0 Å². The van der Waals surface area contributed by atoms with Gasteiger partial charge in [-0.3, -0.25) is 19.7 Å².